The number of aliphatic carboxylic acids is 1. The van der Waals surface area contributed by atoms with Gasteiger partial charge in [-0.1, -0.05) is 0 Å². The number of hydrogen-bond donors (Lipinski definition) is 2. The van der Waals surface area contributed by atoms with Crippen molar-refractivity contribution in [3.05, 3.63) is 11.1 Å². The van der Waals surface area contributed by atoms with Crippen LogP contribution in [-0.2, 0) is 14.3 Å². The lowest BCUT2D eigenvalue weighted by atomic mass is 10.2. The molecule has 1 aliphatic rings. The number of nitrogens with zero attached hydrogens (tertiary/aromatic N) is 2. The molecule has 7 nitrogen and oxygen atoms in total. The number of hydrogen-bond acceptors (Lipinski definition) is 6. The van der Waals surface area contributed by atoms with Crippen molar-refractivity contribution < 1.29 is 19.4 Å². The molecule has 2 N–H and O–H groups in total. The second kappa shape index (κ2) is 6.09. The lowest BCUT2D eigenvalue weighted by molar-refractivity contribution is -0.156. The molecule has 1 atom stereocenters. The number of aromatic nitrogens is 1. The number of ether oxygens (including phenoxy) is 1. The van der Waals surface area contributed by atoms with Crippen LogP contribution in [0.1, 0.15) is 5.69 Å². The maximum Gasteiger partial charge on any atom is 0.334 e. The van der Waals surface area contributed by atoms with E-state index in [0.717, 1.165) is 5.69 Å². The summed E-state index contributed by atoms with van der Waals surface area (Å²) < 4.78 is 5.09. The highest BCUT2D eigenvalue weighted by Gasteiger charge is 2.27. The summed E-state index contributed by atoms with van der Waals surface area (Å²) in [5.74, 6) is -1.19. The highest BCUT2D eigenvalue weighted by Crippen LogP contribution is 2.14. The Morgan fingerprint density at radius 3 is 3.11 bits per heavy atom. The Morgan fingerprint density at radius 1 is 1.68 bits per heavy atom. The molecule has 2 rings (SSSR count). The van der Waals surface area contributed by atoms with E-state index in [-0.39, 0.29) is 19.0 Å². The molecular weight excluding hydrogens is 270 g/mol. The van der Waals surface area contributed by atoms with Crippen LogP contribution >= 0.6 is 11.3 Å². The van der Waals surface area contributed by atoms with E-state index in [2.05, 4.69) is 10.3 Å². The fraction of sp³-hybridized carbons (Fsp3) is 0.545. The van der Waals surface area contributed by atoms with Gasteiger partial charge in [-0.25, -0.2) is 9.78 Å². The number of carbonyl (C=O) groups excluding carboxylic acids is 1. The number of carbonyl (C=O) groups is 2. The van der Waals surface area contributed by atoms with Gasteiger partial charge in [0, 0.05) is 18.5 Å². The van der Waals surface area contributed by atoms with Gasteiger partial charge in [0.2, 0.25) is 5.91 Å². The third-order valence-electron chi connectivity index (χ3n) is 2.66. The summed E-state index contributed by atoms with van der Waals surface area (Å²) in [6.45, 7) is 3.09. The van der Waals surface area contributed by atoms with Gasteiger partial charge in [-0.15, -0.1) is 11.3 Å². The van der Waals surface area contributed by atoms with Crippen molar-refractivity contribution in [3.63, 3.8) is 0 Å². The number of morpholine rings is 1. The number of thiazole rings is 1. The van der Waals surface area contributed by atoms with Crippen LogP contribution in [0.5, 0.6) is 0 Å². The third-order valence-corrected chi connectivity index (χ3v) is 3.53. The fourth-order valence-corrected chi connectivity index (χ4v) is 2.47. The standard InChI is InChI=1S/C11H15N3O4S/c1-7-6-19-11(12-7)13-9(15)5-14-2-3-18-8(4-14)10(16)17/h6,8H,2-5H2,1H3,(H,16,17)(H,12,13,15). The van der Waals surface area contributed by atoms with E-state index in [1.54, 1.807) is 4.90 Å². The van der Waals surface area contributed by atoms with E-state index in [1.807, 2.05) is 12.3 Å². The summed E-state index contributed by atoms with van der Waals surface area (Å²) in [6, 6.07) is 0. The van der Waals surface area contributed by atoms with E-state index in [9.17, 15) is 9.59 Å². The summed E-state index contributed by atoms with van der Waals surface area (Å²) in [4.78, 5) is 28.5. The predicted molar refractivity (Wildman–Crippen MR) is 69.3 cm³/mol. The van der Waals surface area contributed by atoms with Gasteiger partial charge in [-0.3, -0.25) is 9.69 Å². The molecule has 0 aliphatic carbocycles. The van der Waals surface area contributed by atoms with Crippen molar-refractivity contribution in [1.82, 2.24) is 9.88 Å². The molecule has 8 heteroatoms. The molecule has 104 valence electrons. The van der Waals surface area contributed by atoms with Crippen LogP contribution in [0, 0.1) is 6.92 Å². The molecule has 0 saturated carbocycles. The average molecular weight is 285 g/mol. The van der Waals surface area contributed by atoms with Crippen LogP contribution in [-0.4, -0.2) is 59.2 Å². The highest BCUT2D eigenvalue weighted by molar-refractivity contribution is 7.13. The van der Waals surface area contributed by atoms with Crippen LogP contribution in [0.2, 0.25) is 0 Å². The van der Waals surface area contributed by atoms with E-state index < -0.39 is 12.1 Å². The molecule has 1 unspecified atom stereocenters. The van der Waals surface area contributed by atoms with Gasteiger partial charge in [0.15, 0.2) is 11.2 Å². The summed E-state index contributed by atoms with van der Waals surface area (Å²) in [5.41, 5.74) is 0.859. The number of rotatable bonds is 4. The van der Waals surface area contributed by atoms with Crippen LogP contribution in [0.25, 0.3) is 0 Å². The first-order valence-corrected chi connectivity index (χ1v) is 6.71. The molecule has 1 fully saturated rings. The molecule has 0 bridgehead atoms. The molecule has 19 heavy (non-hydrogen) atoms. The van der Waals surface area contributed by atoms with Gasteiger partial charge in [0.05, 0.1) is 18.8 Å². The zero-order chi connectivity index (χ0) is 13.8. The molecule has 1 saturated heterocycles. The number of carboxylic acids is 1. The maximum absolute atomic E-state index is 11.8. The summed E-state index contributed by atoms with van der Waals surface area (Å²) in [6.07, 6.45) is -0.858. The smallest absolute Gasteiger partial charge is 0.334 e. The van der Waals surface area contributed by atoms with Crippen LogP contribution in [0.15, 0.2) is 5.38 Å². The number of anilines is 1. The van der Waals surface area contributed by atoms with Crippen molar-refractivity contribution in [2.45, 2.75) is 13.0 Å². The van der Waals surface area contributed by atoms with E-state index >= 15 is 0 Å². The monoisotopic (exact) mass is 285 g/mol. The number of carboxylic acid groups (broad SMARTS) is 1. The minimum atomic E-state index is -0.999. The molecule has 0 spiro atoms. The number of amides is 1. The summed E-state index contributed by atoms with van der Waals surface area (Å²) in [5, 5.41) is 14.0. The van der Waals surface area contributed by atoms with Gasteiger partial charge in [0.1, 0.15) is 0 Å². The summed E-state index contributed by atoms with van der Waals surface area (Å²) in [7, 11) is 0. The molecule has 2 heterocycles. The number of nitrogens with one attached hydrogen (secondary N) is 1. The molecule has 1 aliphatic heterocycles. The van der Waals surface area contributed by atoms with Gasteiger partial charge in [0.25, 0.3) is 0 Å². The Balaban J connectivity index is 1.83. The van der Waals surface area contributed by atoms with Crippen molar-refractivity contribution in [1.29, 1.82) is 0 Å². The lowest BCUT2D eigenvalue weighted by Crippen LogP contribution is -2.48. The minimum absolute atomic E-state index is 0.145. The fourth-order valence-electron chi connectivity index (χ4n) is 1.77. The first-order valence-electron chi connectivity index (χ1n) is 5.83. The van der Waals surface area contributed by atoms with E-state index in [0.29, 0.717) is 18.3 Å². The van der Waals surface area contributed by atoms with E-state index in [1.165, 1.54) is 11.3 Å². The second-order valence-electron chi connectivity index (χ2n) is 4.28. The Morgan fingerprint density at radius 2 is 2.47 bits per heavy atom. The van der Waals surface area contributed by atoms with Crippen molar-refractivity contribution in [2.75, 3.05) is 31.6 Å². The average Bonchev–Trinajstić information content (AvgIpc) is 2.74. The third kappa shape index (κ3) is 3.98. The second-order valence-corrected chi connectivity index (χ2v) is 5.13. The lowest BCUT2D eigenvalue weighted by Gasteiger charge is -2.29. The zero-order valence-corrected chi connectivity index (χ0v) is 11.3. The summed E-state index contributed by atoms with van der Waals surface area (Å²) >= 11 is 1.36. The van der Waals surface area contributed by atoms with Crippen molar-refractivity contribution in [2.24, 2.45) is 0 Å². The highest BCUT2D eigenvalue weighted by atomic mass is 32.1. The Kier molecular flexibility index (Phi) is 4.46. The van der Waals surface area contributed by atoms with Crippen LogP contribution in [0.4, 0.5) is 5.13 Å². The van der Waals surface area contributed by atoms with Crippen molar-refractivity contribution >= 4 is 28.3 Å². The topological polar surface area (TPSA) is 91.8 Å². The Labute approximate surface area is 114 Å². The van der Waals surface area contributed by atoms with E-state index in [4.69, 9.17) is 9.84 Å². The Hall–Kier alpha value is -1.51. The van der Waals surface area contributed by atoms with Crippen molar-refractivity contribution in [3.8, 4) is 0 Å². The maximum atomic E-state index is 11.8. The van der Waals surface area contributed by atoms with Crippen LogP contribution < -0.4 is 5.32 Å². The number of aryl methyl sites for hydroxylation is 1. The van der Waals surface area contributed by atoms with Gasteiger partial charge >= 0.3 is 5.97 Å². The van der Waals surface area contributed by atoms with Gasteiger partial charge in [-0.05, 0) is 6.92 Å². The first-order chi connectivity index (χ1) is 9.04. The quantitative estimate of drug-likeness (QED) is 0.819. The normalized spacial score (nSPS) is 20.2. The predicted octanol–water partition coefficient (Wildman–Crippen LogP) is 0.175. The molecular formula is C11H15N3O4S. The zero-order valence-electron chi connectivity index (χ0n) is 10.5. The molecule has 1 aromatic heterocycles. The Bertz CT molecular complexity index is 476. The molecule has 1 amide bonds. The first kappa shape index (κ1) is 13.9. The molecule has 1 aromatic rings. The van der Waals surface area contributed by atoms with Gasteiger partial charge in [-0.2, -0.15) is 0 Å². The SMILES string of the molecule is Cc1csc(NC(=O)CN2CCOC(C(=O)O)C2)n1. The van der Waals surface area contributed by atoms with Gasteiger partial charge < -0.3 is 15.2 Å². The minimum Gasteiger partial charge on any atom is -0.479 e. The largest absolute Gasteiger partial charge is 0.479 e. The molecule has 0 aromatic carbocycles. The molecule has 0 radical (unpaired) electrons. The van der Waals surface area contributed by atoms with Crippen LogP contribution in [0.3, 0.4) is 0 Å².